The normalized spacial score (nSPS) is 23.3. The summed E-state index contributed by atoms with van der Waals surface area (Å²) in [4.78, 5) is 17.4. The van der Waals surface area contributed by atoms with Crippen LogP contribution in [0.5, 0.6) is 0 Å². The molecule has 7 nitrogen and oxygen atoms in total. The van der Waals surface area contributed by atoms with Gasteiger partial charge in [0.05, 0.1) is 12.1 Å². The third kappa shape index (κ3) is 2.95. The highest BCUT2D eigenvalue weighted by molar-refractivity contribution is 7.89. The zero-order valence-electron chi connectivity index (χ0n) is 10.8. The number of nitrogens with one attached hydrogen (secondary N) is 2. The van der Waals surface area contributed by atoms with Gasteiger partial charge in [0.1, 0.15) is 5.82 Å². The van der Waals surface area contributed by atoms with Crippen molar-refractivity contribution in [3.8, 4) is 0 Å². The van der Waals surface area contributed by atoms with Crippen molar-refractivity contribution in [2.75, 3.05) is 0 Å². The van der Waals surface area contributed by atoms with Gasteiger partial charge in [0.2, 0.25) is 0 Å². The molecule has 3 N–H and O–H groups in total. The first-order chi connectivity index (χ1) is 8.79. The summed E-state index contributed by atoms with van der Waals surface area (Å²) in [5.74, 6) is -0.596. The molecule has 1 aromatic rings. The van der Waals surface area contributed by atoms with E-state index in [9.17, 15) is 13.2 Å². The monoisotopic (exact) mass is 287 g/mol. The second-order valence-electron chi connectivity index (χ2n) is 5.11. The van der Waals surface area contributed by atoms with E-state index in [4.69, 9.17) is 5.11 Å². The molecule has 0 aromatic carbocycles. The van der Waals surface area contributed by atoms with Gasteiger partial charge in [0.15, 0.2) is 5.03 Å². The molecule has 1 saturated carbocycles. The highest BCUT2D eigenvalue weighted by atomic mass is 32.2. The summed E-state index contributed by atoms with van der Waals surface area (Å²) in [6.45, 7) is 3.82. The fraction of sp³-hybridized carbons (Fsp3) is 0.636. The number of imidazole rings is 1. The van der Waals surface area contributed by atoms with Crippen LogP contribution in [0.2, 0.25) is 0 Å². The summed E-state index contributed by atoms with van der Waals surface area (Å²) in [6.07, 6.45) is 1.95. The van der Waals surface area contributed by atoms with Crippen LogP contribution >= 0.6 is 0 Å². The van der Waals surface area contributed by atoms with Crippen LogP contribution in [0.25, 0.3) is 0 Å². The number of aromatic amines is 1. The molecular weight excluding hydrogens is 270 g/mol. The number of hydrogen-bond donors (Lipinski definition) is 3. The lowest BCUT2D eigenvalue weighted by Crippen LogP contribution is -2.46. The van der Waals surface area contributed by atoms with E-state index in [-0.39, 0.29) is 17.0 Å². The number of carboxylic acids is 1. The number of hydrogen-bond acceptors (Lipinski definition) is 4. The third-order valence-corrected chi connectivity index (χ3v) is 4.65. The van der Waals surface area contributed by atoms with Crippen molar-refractivity contribution in [1.82, 2.24) is 14.7 Å². The first-order valence-electron chi connectivity index (χ1n) is 6.09. The average molecular weight is 287 g/mol. The Hall–Kier alpha value is -1.41. The molecule has 19 heavy (non-hydrogen) atoms. The molecule has 2 rings (SSSR count). The zero-order valence-corrected chi connectivity index (χ0v) is 11.6. The fourth-order valence-electron chi connectivity index (χ4n) is 1.95. The average Bonchev–Trinajstić information content (AvgIpc) is 2.72. The minimum Gasteiger partial charge on any atom is -0.481 e. The minimum absolute atomic E-state index is 0.0231. The van der Waals surface area contributed by atoms with Crippen LogP contribution in [-0.2, 0) is 14.8 Å². The Morgan fingerprint density at radius 1 is 1.53 bits per heavy atom. The van der Waals surface area contributed by atoms with Gasteiger partial charge in [-0.25, -0.2) is 18.1 Å². The number of carboxylic acid groups (broad SMARTS) is 1. The van der Waals surface area contributed by atoms with E-state index in [1.807, 2.05) is 13.8 Å². The Morgan fingerprint density at radius 2 is 2.16 bits per heavy atom. The summed E-state index contributed by atoms with van der Waals surface area (Å²) in [5, 5.41) is 8.76. The smallest absolute Gasteiger partial charge is 0.306 e. The number of nitrogens with zero attached hydrogens (tertiary/aromatic N) is 1. The van der Waals surface area contributed by atoms with Crippen molar-refractivity contribution < 1.29 is 18.3 Å². The molecule has 0 bridgehead atoms. The number of H-pyrrole nitrogens is 1. The van der Waals surface area contributed by atoms with Crippen LogP contribution in [-0.4, -0.2) is 35.5 Å². The van der Waals surface area contributed by atoms with Gasteiger partial charge in [-0.2, -0.15) is 0 Å². The molecule has 1 fully saturated rings. The molecule has 0 atom stereocenters. The summed E-state index contributed by atoms with van der Waals surface area (Å²) in [5.41, 5.74) is 0. The van der Waals surface area contributed by atoms with Gasteiger partial charge in [-0.15, -0.1) is 0 Å². The molecule has 8 heteroatoms. The largest absolute Gasteiger partial charge is 0.481 e. The molecule has 1 aromatic heterocycles. The Kier molecular flexibility index (Phi) is 3.64. The van der Waals surface area contributed by atoms with Crippen LogP contribution < -0.4 is 4.72 Å². The van der Waals surface area contributed by atoms with Crippen molar-refractivity contribution in [2.24, 2.45) is 5.92 Å². The molecule has 0 radical (unpaired) electrons. The van der Waals surface area contributed by atoms with Crippen molar-refractivity contribution in [3.05, 3.63) is 12.0 Å². The fourth-order valence-corrected chi connectivity index (χ4v) is 3.14. The van der Waals surface area contributed by atoms with Crippen molar-refractivity contribution in [3.63, 3.8) is 0 Å². The van der Waals surface area contributed by atoms with Crippen LogP contribution in [0.15, 0.2) is 11.2 Å². The molecule has 1 aliphatic rings. The summed E-state index contributed by atoms with van der Waals surface area (Å²) in [6, 6.07) is -0.308. The molecule has 1 heterocycles. The molecule has 106 valence electrons. The maximum atomic E-state index is 12.0. The highest BCUT2D eigenvalue weighted by Crippen LogP contribution is 2.28. The lowest BCUT2D eigenvalue weighted by atomic mass is 9.81. The number of aromatic nitrogens is 2. The van der Waals surface area contributed by atoms with Gasteiger partial charge in [-0.1, -0.05) is 13.8 Å². The minimum atomic E-state index is -3.64. The van der Waals surface area contributed by atoms with E-state index in [2.05, 4.69) is 14.7 Å². The van der Waals surface area contributed by atoms with E-state index in [1.54, 1.807) is 0 Å². The van der Waals surface area contributed by atoms with Crippen molar-refractivity contribution in [2.45, 2.75) is 43.7 Å². The lowest BCUT2D eigenvalue weighted by Gasteiger charge is -2.32. The van der Waals surface area contributed by atoms with E-state index in [0.29, 0.717) is 18.7 Å². The molecule has 0 unspecified atom stereocenters. The van der Waals surface area contributed by atoms with Crippen LogP contribution in [0.3, 0.4) is 0 Å². The van der Waals surface area contributed by atoms with Gasteiger partial charge in [-0.05, 0) is 12.8 Å². The summed E-state index contributed by atoms with van der Waals surface area (Å²) in [7, 11) is -3.64. The third-order valence-electron chi connectivity index (χ3n) is 3.22. The topological polar surface area (TPSA) is 112 Å². The molecule has 0 saturated heterocycles. The van der Waals surface area contributed by atoms with Gasteiger partial charge in [0, 0.05) is 12.0 Å². The molecule has 0 aliphatic heterocycles. The van der Waals surface area contributed by atoms with Gasteiger partial charge in [-0.3, -0.25) is 4.79 Å². The molecule has 1 aliphatic carbocycles. The standard InChI is InChI=1S/C11H17N3O4S/c1-6(2)10-12-5-9(13-10)19(17,18)14-8-3-7(4-8)11(15)16/h5-8,14H,3-4H2,1-2H3,(H,12,13)(H,15,16). The predicted octanol–water partition coefficient (Wildman–Crippen LogP) is 0.675. The Balaban J connectivity index is 2.01. The number of sulfonamides is 1. The van der Waals surface area contributed by atoms with Crippen LogP contribution in [0.4, 0.5) is 0 Å². The van der Waals surface area contributed by atoms with E-state index < -0.39 is 21.9 Å². The van der Waals surface area contributed by atoms with Gasteiger partial charge in [0.25, 0.3) is 10.0 Å². The molecule has 0 spiro atoms. The first kappa shape index (κ1) is 14.0. The van der Waals surface area contributed by atoms with Crippen LogP contribution in [0.1, 0.15) is 38.4 Å². The van der Waals surface area contributed by atoms with Gasteiger partial charge < -0.3 is 10.1 Å². The predicted molar refractivity (Wildman–Crippen MR) is 67.1 cm³/mol. The zero-order chi connectivity index (χ0) is 14.2. The maximum Gasteiger partial charge on any atom is 0.306 e. The van der Waals surface area contributed by atoms with Gasteiger partial charge >= 0.3 is 5.97 Å². The van der Waals surface area contributed by atoms with Crippen molar-refractivity contribution in [1.29, 1.82) is 0 Å². The first-order valence-corrected chi connectivity index (χ1v) is 7.58. The summed E-state index contributed by atoms with van der Waals surface area (Å²) < 4.78 is 26.5. The van der Waals surface area contributed by atoms with E-state index >= 15 is 0 Å². The molecular formula is C11H17N3O4S. The number of rotatable bonds is 5. The Bertz CT molecular complexity index is 573. The number of carbonyl (C=O) groups is 1. The lowest BCUT2D eigenvalue weighted by molar-refractivity contribution is -0.145. The molecule has 0 amide bonds. The van der Waals surface area contributed by atoms with Crippen LogP contribution in [0, 0.1) is 5.92 Å². The second kappa shape index (κ2) is 4.93. The van der Waals surface area contributed by atoms with E-state index in [0.717, 1.165) is 0 Å². The SMILES string of the molecule is CC(C)c1ncc(S(=O)(=O)NC2CC(C(=O)O)C2)[nH]1. The summed E-state index contributed by atoms with van der Waals surface area (Å²) >= 11 is 0. The maximum absolute atomic E-state index is 12.0. The quantitative estimate of drug-likeness (QED) is 0.737. The van der Waals surface area contributed by atoms with E-state index in [1.165, 1.54) is 6.20 Å². The Morgan fingerprint density at radius 3 is 2.63 bits per heavy atom. The number of aliphatic carboxylic acids is 1. The second-order valence-corrected chi connectivity index (χ2v) is 6.79. The van der Waals surface area contributed by atoms with Crippen molar-refractivity contribution >= 4 is 16.0 Å². The highest BCUT2D eigenvalue weighted by Gasteiger charge is 2.37. The Labute approximate surface area is 111 Å².